The molecule has 4 aromatic carbocycles. The second-order valence-electron chi connectivity index (χ2n) is 26.9. The fourth-order valence-electron chi connectivity index (χ4n) is 14.5. The van der Waals surface area contributed by atoms with E-state index in [1.807, 2.05) is 6.92 Å². The topological polar surface area (TPSA) is 365 Å². The first-order chi connectivity index (χ1) is 46.3. The lowest BCUT2D eigenvalue weighted by molar-refractivity contribution is -0.312. The molecule has 0 aromatic heterocycles. The number of carbonyl (C=O) groups excluding carboxylic acids is 11. The van der Waals surface area contributed by atoms with Gasteiger partial charge in [-0.15, -0.1) is 0 Å². The standard InChI is InChI=1S/C73H86F2N6O17/c1-40-52(38-73(94)64(98-68(92)46-23-15-10-16-24-46)62-71(6)39-95-54(71)37-53(83)72(62,7)63(88)41(2)59(40)70(73,4)5)96-69(93)61(60(44-19-11-8-12-20-44)81-67(91)45-21-13-9-14-22-45)97-58(87)33-32-55(84)78-34-18-17-25-50(66(77)90)80-57(86)31-28-47(65(76)89)36-51(82)42(3)79-56(85)30-27-43-26-29-48(74)49(75)35-43/h8-16,19-24,26-27,29-30,35,41-42,47,50,52-54,60-62,64,83,94H,17-18,25,28,31-34,36-39H2,1-7H3,(H2,76,89)(H2,77,90)(H,78,84)(H,79,85)(H,80,86)(H,81,91)/b30-27+/t41-,42?,47-,50?,52+,53+,54-,60-,61-,62-,64+,71-,72-,73-/m1/s1. The molecule has 0 radical (unpaired) electrons. The molecule has 1 saturated heterocycles. The van der Waals surface area contributed by atoms with Gasteiger partial charge in [-0.3, -0.25) is 43.2 Å². The third-order valence-electron chi connectivity index (χ3n) is 20.1. The monoisotopic (exact) mass is 1360 g/mol. The number of esters is 3. The Morgan fingerprint density at radius 1 is 0.765 bits per heavy atom. The van der Waals surface area contributed by atoms with Crippen molar-refractivity contribution in [1.82, 2.24) is 21.3 Å². The highest BCUT2D eigenvalue weighted by Crippen LogP contribution is 2.66. The van der Waals surface area contributed by atoms with Crippen LogP contribution in [0.1, 0.15) is 151 Å². The van der Waals surface area contributed by atoms with Gasteiger partial charge in [0.05, 0.1) is 42.3 Å². The fourth-order valence-corrected chi connectivity index (χ4v) is 14.5. The number of ketones is 2. The molecule has 10 N–H and O–H groups in total. The van der Waals surface area contributed by atoms with Crippen LogP contribution in [0.4, 0.5) is 8.78 Å². The molecule has 2 unspecified atom stereocenters. The number of nitrogens with one attached hydrogen (secondary N) is 4. The zero-order valence-corrected chi connectivity index (χ0v) is 55.8. The van der Waals surface area contributed by atoms with E-state index >= 15 is 9.59 Å². The van der Waals surface area contributed by atoms with E-state index in [0.717, 1.165) is 18.2 Å². The lowest BCUT2D eigenvalue weighted by Gasteiger charge is -2.68. The Morgan fingerprint density at radius 2 is 1.41 bits per heavy atom. The first-order valence-corrected chi connectivity index (χ1v) is 32.8. The molecule has 6 amide bonds. The normalized spacial score (nSPS) is 25.3. The first kappa shape index (κ1) is 74.5. The van der Waals surface area contributed by atoms with Gasteiger partial charge in [-0.25, -0.2) is 18.4 Å². The SMILES string of the molecule is CC1=C2[C@@H](C)C(=O)[C@@]3(C)[C@H]([C@H](OC(=O)c4ccccc4)[C@](O)(C[C@@H]1OC(=O)[C@H](OC(=O)CCC(=O)NCCCCC(NC(=O)CC[C@H](CC(=O)C(C)NC(=O)/C=C/c1ccc(F)c(F)c1)C(N)=O)C(N)=O)[C@H](NC(=O)c1ccccc1)c1ccccc1)C2(C)C)[C@]1(C)CO[C@@H]1C[C@@H]3O. The molecule has 23 nitrogen and oxygen atoms in total. The number of aliphatic hydroxyl groups excluding tert-OH is 1. The van der Waals surface area contributed by atoms with Crippen LogP contribution in [-0.2, 0) is 62.1 Å². The Kier molecular flexibility index (Phi) is 23.9. The van der Waals surface area contributed by atoms with Crippen LogP contribution < -0.4 is 32.7 Å². The number of aliphatic hydroxyl groups is 2. The maximum Gasteiger partial charge on any atom is 0.350 e. The summed E-state index contributed by atoms with van der Waals surface area (Å²) < 4.78 is 51.9. The maximum atomic E-state index is 15.5. The molecule has 4 aromatic rings. The number of hydrogen-bond acceptors (Lipinski definition) is 17. The van der Waals surface area contributed by atoms with Crippen molar-refractivity contribution in [3.63, 3.8) is 0 Å². The number of rotatable bonds is 29. The Morgan fingerprint density at radius 3 is 2.02 bits per heavy atom. The minimum absolute atomic E-state index is 0.0248. The van der Waals surface area contributed by atoms with E-state index in [2.05, 4.69) is 21.3 Å². The van der Waals surface area contributed by atoms with Crippen LogP contribution in [0, 0.1) is 45.6 Å². The second kappa shape index (κ2) is 31.5. The number of unbranched alkanes of at least 4 members (excludes halogenated alkanes) is 1. The minimum atomic E-state index is -2.17. The van der Waals surface area contributed by atoms with Gasteiger partial charge < -0.3 is 61.9 Å². The van der Waals surface area contributed by atoms with Crippen molar-refractivity contribution >= 4 is 71.0 Å². The number of benzene rings is 4. The quantitative estimate of drug-likeness (QED) is 0.0100. The molecule has 1 heterocycles. The molecule has 1 aliphatic heterocycles. The van der Waals surface area contributed by atoms with Crippen molar-refractivity contribution in [2.75, 3.05) is 13.2 Å². The van der Waals surface area contributed by atoms with Gasteiger partial charge in [0.1, 0.15) is 35.7 Å². The highest BCUT2D eigenvalue weighted by atomic mass is 19.2. The average molecular weight is 1360 g/mol. The van der Waals surface area contributed by atoms with Crippen molar-refractivity contribution in [1.29, 1.82) is 0 Å². The predicted molar refractivity (Wildman–Crippen MR) is 351 cm³/mol. The summed E-state index contributed by atoms with van der Waals surface area (Å²) in [6.45, 7) is 11.8. The zero-order chi connectivity index (χ0) is 71.6. The average Bonchev–Trinajstić information content (AvgIpc) is 0.674. The molecule has 3 aliphatic carbocycles. The molecule has 8 rings (SSSR count). The van der Waals surface area contributed by atoms with Crippen LogP contribution in [0.25, 0.3) is 6.08 Å². The van der Waals surface area contributed by atoms with E-state index in [9.17, 15) is 62.1 Å². The van der Waals surface area contributed by atoms with Crippen molar-refractivity contribution < 1.29 is 90.7 Å². The predicted octanol–water partition coefficient (Wildman–Crippen LogP) is 6.07. The van der Waals surface area contributed by atoms with Gasteiger partial charge in [0.15, 0.2) is 17.4 Å². The summed E-state index contributed by atoms with van der Waals surface area (Å²) in [6.07, 6.45) is -6.44. The van der Waals surface area contributed by atoms with Gasteiger partial charge in [0, 0.05) is 78.9 Å². The van der Waals surface area contributed by atoms with Gasteiger partial charge in [-0.1, -0.05) is 100 Å². The Labute approximate surface area is 566 Å². The molecule has 4 aliphatic rings. The molecular weight excluding hydrogens is 1270 g/mol. The molecule has 3 fully saturated rings. The van der Waals surface area contributed by atoms with E-state index < -0.39 is 190 Å². The molecule has 524 valence electrons. The second-order valence-corrected chi connectivity index (χ2v) is 26.9. The maximum absolute atomic E-state index is 15.5. The number of nitrogens with two attached hydrogens (primary N) is 2. The number of Topliss-reactive ketones (excluding diaryl/α,β-unsaturated/α-hetero) is 2. The molecule has 0 spiro atoms. The summed E-state index contributed by atoms with van der Waals surface area (Å²) >= 11 is 0. The third kappa shape index (κ3) is 16.4. The summed E-state index contributed by atoms with van der Waals surface area (Å²) in [4.78, 5) is 150. The Bertz CT molecular complexity index is 3740. The molecule has 2 bridgehead atoms. The van der Waals surface area contributed by atoms with Gasteiger partial charge in [0.2, 0.25) is 35.6 Å². The number of amides is 6. The Balaban J connectivity index is 0.929. The number of fused-ring (bicyclic) bond motifs is 5. The van der Waals surface area contributed by atoms with E-state index in [1.54, 1.807) is 113 Å². The summed E-state index contributed by atoms with van der Waals surface area (Å²) in [6, 6.07) is 23.6. The molecule has 2 saturated carbocycles. The summed E-state index contributed by atoms with van der Waals surface area (Å²) in [7, 11) is 0. The molecule has 25 heteroatoms. The largest absolute Gasteiger partial charge is 0.455 e. The molecule has 98 heavy (non-hydrogen) atoms. The van der Waals surface area contributed by atoms with E-state index in [0.29, 0.717) is 16.7 Å². The minimum Gasteiger partial charge on any atom is -0.455 e. The lowest BCUT2D eigenvalue weighted by Crippen LogP contribution is -2.77. The van der Waals surface area contributed by atoms with Gasteiger partial charge >= 0.3 is 17.9 Å². The van der Waals surface area contributed by atoms with Gasteiger partial charge in [-0.05, 0) is 111 Å². The van der Waals surface area contributed by atoms with E-state index in [1.165, 1.54) is 31.2 Å². The highest BCUT2D eigenvalue weighted by Gasteiger charge is 2.75. The third-order valence-corrected chi connectivity index (χ3v) is 20.1. The van der Waals surface area contributed by atoms with Crippen LogP contribution >= 0.6 is 0 Å². The summed E-state index contributed by atoms with van der Waals surface area (Å²) in [5.41, 5.74) is 6.61. The zero-order valence-electron chi connectivity index (χ0n) is 55.8. The first-order valence-electron chi connectivity index (χ1n) is 32.8. The highest BCUT2D eigenvalue weighted by molar-refractivity contribution is 5.98. The van der Waals surface area contributed by atoms with Crippen molar-refractivity contribution in [3.8, 4) is 0 Å². The Hall–Kier alpha value is -9.33. The van der Waals surface area contributed by atoms with E-state index in [-0.39, 0.29) is 68.4 Å². The van der Waals surface area contributed by atoms with E-state index in [4.69, 9.17) is 30.4 Å². The number of halogens is 2. The summed E-state index contributed by atoms with van der Waals surface area (Å²) in [5, 5.41) is 36.5. The summed E-state index contributed by atoms with van der Waals surface area (Å²) in [5.74, 6) is -13.9. The number of carbonyl (C=O) groups is 11. The molecule has 14 atom stereocenters. The number of primary amides is 2. The van der Waals surface area contributed by atoms with Crippen LogP contribution in [0.3, 0.4) is 0 Å². The number of hydrogen-bond donors (Lipinski definition) is 8. The van der Waals surface area contributed by atoms with Gasteiger partial charge in [-0.2, -0.15) is 0 Å². The number of ether oxygens (including phenoxy) is 4. The van der Waals surface area contributed by atoms with Gasteiger partial charge in [0.25, 0.3) is 5.91 Å². The lowest BCUT2D eigenvalue weighted by atomic mass is 9.41. The van der Waals surface area contributed by atoms with Crippen LogP contribution in [0.5, 0.6) is 0 Å². The van der Waals surface area contributed by atoms with Crippen LogP contribution in [0.15, 0.2) is 126 Å². The van der Waals surface area contributed by atoms with Crippen molar-refractivity contribution in [2.24, 2.45) is 45.5 Å². The van der Waals surface area contributed by atoms with Crippen LogP contribution in [0.2, 0.25) is 0 Å². The molecular formula is C73H86F2N6O17. The van der Waals surface area contributed by atoms with Crippen molar-refractivity contribution in [2.45, 2.75) is 167 Å². The van der Waals surface area contributed by atoms with Crippen LogP contribution in [-0.4, -0.2) is 136 Å². The fraction of sp³-hybridized carbons (Fsp3) is 0.466. The smallest absolute Gasteiger partial charge is 0.350 e. The van der Waals surface area contributed by atoms with Crippen molar-refractivity contribution in [3.05, 3.63) is 160 Å².